The van der Waals surface area contributed by atoms with Crippen LogP contribution in [0, 0.1) is 17.0 Å². The maximum absolute atomic E-state index is 12.9. The van der Waals surface area contributed by atoms with E-state index in [0.717, 1.165) is 11.3 Å². The number of anilines is 1. The van der Waals surface area contributed by atoms with E-state index in [-0.39, 0.29) is 17.3 Å². The molecule has 0 N–H and O–H groups in total. The van der Waals surface area contributed by atoms with Crippen LogP contribution in [0.1, 0.15) is 12.5 Å². The molecule has 1 aliphatic rings. The first-order valence-corrected chi connectivity index (χ1v) is 10.4. The van der Waals surface area contributed by atoms with Crippen LogP contribution in [0.2, 0.25) is 0 Å². The minimum atomic E-state index is -0.913. The number of hydrogen-bond donors (Lipinski definition) is 0. The lowest BCUT2D eigenvalue weighted by Gasteiger charge is -2.08. The van der Waals surface area contributed by atoms with Crippen molar-refractivity contribution in [3.63, 3.8) is 0 Å². The fourth-order valence-electron chi connectivity index (χ4n) is 3.06. The zero-order valence-corrected chi connectivity index (χ0v) is 18.2. The van der Waals surface area contributed by atoms with E-state index in [2.05, 4.69) is 20.3 Å². The molecule has 0 spiro atoms. The topological polar surface area (TPSA) is 123 Å². The van der Waals surface area contributed by atoms with Crippen LogP contribution in [-0.2, 0) is 4.79 Å². The van der Waals surface area contributed by atoms with E-state index >= 15 is 0 Å². The van der Waals surface area contributed by atoms with Gasteiger partial charge in [0, 0.05) is 22.6 Å². The molecule has 1 aliphatic heterocycles. The quantitative estimate of drug-likeness (QED) is 0.300. The van der Waals surface area contributed by atoms with E-state index in [1.165, 1.54) is 22.4 Å². The molecule has 0 bridgehead atoms. The number of azo groups is 1. The summed E-state index contributed by atoms with van der Waals surface area (Å²) in [5.41, 5.74) is 2.81. The van der Waals surface area contributed by atoms with E-state index in [9.17, 15) is 14.9 Å². The summed E-state index contributed by atoms with van der Waals surface area (Å²) in [6.45, 7) is 3.32. The lowest BCUT2D eigenvalue weighted by Crippen LogP contribution is -2.29. The van der Waals surface area contributed by atoms with Crippen LogP contribution < -0.4 is 9.75 Å². The second kappa shape index (κ2) is 8.63. The van der Waals surface area contributed by atoms with Crippen molar-refractivity contribution >= 4 is 39.5 Å². The minimum Gasteiger partial charge on any atom is -0.497 e. The average molecular weight is 450 g/mol. The van der Waals surface area contributed by atoms with Crippen LogP contribution in [-0.4, -0.2) is 34.7 Å². The molecule has 0 aliphatic carbocycles. The number of rotatable bonds is 6. The molecule has 32 heavy (non-hydrogen) atoms. The average Bonchev–Trinajstić information content (AvgIpc) is 3.38. The zero-order valence-electron chi connectivity index (χ0n) is 17.4. The molecule has 4 rings (SSSR count). The molecule has 2 aromatic carbocycles. The second-order valence-electron chi connectivity index (χ2n) is 6.98. The zero-order chi connectivity index (χ0) is 22.8. The van der Waals surface area contributed by atoms with Gasteiger partial charge in [-0.3, -0.25) is 14.9 Å². The standard InChI is InChI=1S/C21H18N6O4S/c1-12-4-7-15(10-18(12)27(29)30)23-24-19-13(2)25-26(20(19)28)21-22-17(11-32-21)14-5-8-16(31-3)9-6-14/h4-11,19H,1-3H3/t19-/m1/s1. The Kier molecular flexibility index (Phi) is 5.73. The van der Waals surface area contributed by atoms with Gasteiger partial charge in [-0.2, -0.15) is 20.3 Å². The summed E-state index contributed by atoms with van der Waals surface area (Å²) in [4.78, 5) is 28.1. The summed E-state index contributed by atoms with van der Waals surface area (Å²) >= 11 is 1.29. The predicted molar refractivity (Wildman–Crippen MR) is 121 cm³/mol. The molecule has 11 heteroatoms. The van der Waals surface area contributed by atoms with Gasteiger partial charge in [0.05, 0.1) is 29.1 Å². The van der Waals surface area contributed by atoms with Crippen molar-refractivity contribution in [2.75, 3.05) is 12.1 Å². The van der Waals surface area contributed by atoms with Gasteiger partial charge in [0.2, 0.25) is 5.13 Å². The highest BCUT2D eigenvalue weighted by molar-refractivity contribution is 7.14. The Hall–Kier alpha value is -3.99. The Labute approximate surface area is 187 Å². The number of aromatic nitrogens is 1. The first-order chi connectivity index (χ1) is 15.4. The van der Waals surface area contributed by atoms with Crippen LogP contribution >= 0.6 is 11.3 Å². The Bertz CT molecular complexity index is 1250. The molecule has 1 aromatic heterocycles. The van der Waals surface area contributed by atoms with Crippen LogP contribution in [0.3, 0.4) is 0 Å². The Morgan fingerprint density at radius 1 is 1.19 bits per heavy atom. The highest BCUT2D eigenvalue weighted by Crippen LogP contribution is 2.32. The minimum absolute atomic E-state index is 0.0555. The lowest BCUT2D eigenvalue weighted by molar-refractivity contribution is -0.385. The molecule has 2 heterocycles. The van der Waals surface area contributed by atoms with Gasteiger partial charge in [-0.25, -0.2) is 4.98 Å². The van der Waals surface area contributed by atoms with Crippen LogP contribution in [0.15, 0.2) is 63.2 Å². The number of benzene rings is 2. The Balaban J connectivity index is 1.53. The van der Waals surface area contributed by atoms with Crippen LogP contribution in [0.5, 0.6) is 5.75 Å². The third-order valence-electron chi connectivity index (χ3n) is 4.83. The molecule has 0 saturated carbocycles. The number of ether oxygens (including phenoxy) is 1. The molecular formula is C21H18N6O4S. The maximum atomic E-state index is 12.9. The second-order valence-corrected chi connectivity index (χ2v) is 7.82. The van der Waals surface area contributed by atoms with E-state index in [4.69, 9.17) is 4.74 Å². The molecule has 1 amide bonds. The van der Waals surface area contributed by atoms with Gasteiger partial charge in [-0.1, -0.05) is 6.07 Å². The number of nitro groups is 1. The van der Waals surface area contributed by atoms with Crippen molar-refractivity contribution < 1.29 is 14.5 Å². The molecule has 1 atom stereocenters. The maximum Gasteiger partial charge on any atom is 0.282 e. The van der Waals surface area contributed by atoms with Crippen molar-refractivity contribution in [1.82, 2.24) is 4.98 Å². The number of thiazole rings is 1. The van der Waals surface area contributed by atoms with Gasteiger partial charge < -0.3 is 4.74 Å². The number of hydrogen-bond acceptors (Lipinski definition) is 9. The van der Waals surface area contributed by atoms with E-state index < -0.39 is 11.0 Å². The van der Waals surface area contributed by atoms with Gasteiger partial charge in [-0.05, 0) is 44.2 Å². The number of nitro benzene ring substituents is 1. The third kappa shape index (κ3) is 4.10. The summed E-state index contributed by atoms with van der Waals surface area (Å²) in [7, 11) is 1.60. The van der Waals surface area contributed by atoms with Crippen LogP contribution in [0.25, 0.3) is 11.3 Å². The fourth-order valence-corrected chi connectivity index (χ4v) is 3.85. The first kappa shape index (κ1) is 21.2. The van der Waals surface area contributed by atoms with Crippen molar-refractivity contribution in [3.8, 4) is 17.0 Å². The monoisotopic (exact) mass is 450 g/mol. The summed E-state index contributed by atoms with van der Waals surface area (Å²) in [6.07, 6.45) is 0. The number of hydrazone groups is 1. The number of carbonyl (C=O) groups is 1. The molecule has 10 nitrogen and oxygen atoms in total. The van der Waals surface area contributed by atoms with Gasteiger partial charge >= 0.3 is 0 Å². The van der Waals surface area contributed by atoms with E-state index in [1.54, 1.807) is 33.1 Å². The first-order valence-electron chi connectivity index (χ1n) is 9.52. The van der Waals surface area contributed by atoms with E-state index in [1.807, 2.05) is 29.6 Å². The van der Waals surface area contributed by atoms with Crippen LogP contribution in [0.4, 0.5) is 16.5 Å². The highest BCUT2D eigenvalue weighted by atomic mass is 32.1. The fraction of sp³-hybridized carbons (Fsp3) is 0.190. The molecule has 0 radical (unpaired) electrons. The van der Waals surface area contributed by atoms with Gasteiger partial charge in [-0.15, -0.1) is 11.3 Å². The van der Waals surface area contributed by atoms with Crippen molar-refractivity contribution in [1.29, 1.82) is 0 Å². The number of methoxy groups -OCH3 is 1. The number of nitrogens with zero attached hydrogens (tertiary/aromatic N) is 6. The molecule has 0 unspecified atom stereocenters. The van der Waals surface area contributed by atoms with Gasteiger partial charge in [0.25, 0.3) is 11.6 Å². The normalized spacial score (nSPS) is 16.0. The molecule has 3 aromatic rings. The third-order valence-corrected chi connectivity index (χ3v) is 5.65. The number of carbonyl (C=O) groups excluding carboxylic acids is 1. The SMILES string of the molecule is COc1ccc(-c2csc(N3N=C(C)[C@@H](N=Nc4ccc(C)c([N+](=O)[O-])c4)C3=O)n2)cc1. The van der Waals surface area contributed by atoms with Crippen molar-refractivity contribution in [2.24, 2.45) is 15.3 Å². The Morgan fingerprint density at radius 2 is 1.94 bits per heavy atom. The van der Waals surface area contributed by atoms with Gasteiger partial charge in [0.15, 0.2) is 6.04 Å². The molecule has 162 valence electrons. The summed E-state index contributed by atoms with van der Waals surface area (Å²) in [5.74, 6) is 0.356. The summed E-state index contributed by atoms with van der Waals surface area (Å²) in [6, 6.07) is 11.1. The Morgan fingerprint density at radius 3 is 2.62 bits per heavy atom. The van der Waals surface area contributed by atoms with Crippen molar-refractivity contribution in [2.45, 2.75) is 19.9 Å². The number of aryl methyl sites for hydroxylation is 1. The highest BCUT2D eigenvalue weighted by Gasteiger charge is 2.36. The molecule has 0 fully saturated rings. The molecule has 0 saturated heterocycles. The lowest BCUT2D eigenvalue weighted by atomic mass is 10.2. The predicted octanol–water partition coefficient (Wildman–Crippen LogP) is 4.91. The van der Waals surface area contributed by atoms with E-state index in [0.29, 0.717) is 22.1 Å². The summed E-state index contributed by atoms with van der Waals surface area (Å²) in [5, 5.41) is 27.0. The summed E-state index contributed by atoms with van der Waals surface area (Å²) < 4.78 is 5.17. The van der Waals surface area contributed by atoms with Crippen molar-refractivity contribution in [3.05, 3.63) is 63.5 Å². The van der Waals surface area contributed by atoms with Gasteiger partial charge in [0.1, 0.15) is 5.75 Å². The smallest absolute Gasteiger partial charge is 0.282 e. The molecular weight excluding hydrogens is 432 g/mol. The number of amides is 1. The largest absolute Gasteiger partial charge is 0.497 e.